The van der Waals surface area contributed by atoms with Gasteiger partial charge in [0, 0.05) is 43.8 Å². The van der Waals surface area contributed by atoms with Crippen molar-refractivity contribution < 1.29 is 0 Å². The van der Waals surface area contributed by atoms with E-state index in [4.69, 9.17) is 4.98 Å². The van der Waals surface area contributed by atoms with E-state index in [2.05, 4.69) is 45.0 Å². The van der Waals surface area contributed by atoms with Crippen LogP contribution < -0.4 is 15.8 Å². The van der Waals surface area contributed by atoms with E-state index >= 15 is 0 Å². The minimum Gasteiger partial charge on any atom is -0.368 e. The Kier molecular flexibility index (Phi) is 4.81. The van der Waals surface area contributed by atoms with E-state index in [9.17, 15) is 10.1 Å². The Morgan fingerprint density at radius 3 is 2.47 bits per heavy atom. The molecule has 4 aliphatic rings. The van der Waals surface area contributed by atoms with Gasteiger partial charge in [-0.05, 0) is 57.2 Å². The van der Waals surface area contributed by atoms with Crippen LogP contribution in [0.15, 0.2) is 35.4 Å². The Labute approximate surface area is 198 Å². The second-order valence-corrected chi connectivity index (χ2v) is 10.1. The molecule has 9 heteroatoms. The first-order chi connectivity index (χ1) is 16.5. The second-order valence-electron chi connectivity index (χ2n) is 10.1. The number of rotatable bonds is 5. The van der Waals surface area contributed by atoms with E-state index in [1.54, 1.807) is 16.8 Å². The first-order valence-corrected chi connectivity index (χ1v) is 12.0. The zero-order chi connectivity index (χ0) is 23.4. The molecule has 3 aromatic rings. The topological polar surface area (TPSA) is 103 Å². The molecule has 0 aromatic carbocycles. The molecule has 3 aliphatic carbocycles. The number of pyridine rings is 2. The summed E-state index contributed by atoms with van der Waals surface area (Å²) >= 11 is 0. The van der Waals surface area contributed by atoms with Crippen molar-refractivity contribution in [2.24, 2.45) is 5.92 Å². The summed E-state index contributed by atoms with van der Waals surface area (Å²) in [5, 5.41) is 13.3. The van der Waals surface area contributed by atoms with Crippen molar-refractivity contribution in [1.29, 1.82) is 5.26 Å². The van der Waals surface area contributed by atoms with Gasteiger partial charge in [0.1, 0.15) is 23.1 Å². The second kappa shape index (κ2) is 7.77. The summed E-state index contributed by atoms with van der Waals surface area (Å²) in [6, 6.07) is 8.21. The molecule has 0 amide bonds. The fraction of sp³-hybridized carbons (Fsp3) is 0.480. The summed E-state index contributed by atoms with van der Waals surface area (Å²) in [6.45, 7) is 8.57. The SMILES string of the molecule is CC(C)N1CCN(c2ccc(Nc3ncc4cc(C#N)c(=O)n(C56CC(C5)C6)c4n3)nc2)CC1. The predicted octanol–water partition coefficient (Wildman–Crippen LogP) is 2.84. The van der Waals surface area contributed by atoms with E-state index in [0.717, 1.165) is 51.1 Å². The Bertz CT molecular complexity index is 1330. The highest BCUT2D eigenvalue weighted by Gasteiger charge is 2.59. The van der Waals surface area contributed by atoms with Crippen molar-refractivity contribution in [3.05, 3.63) is 46.5 Å². The monoisotopic (exact) mass is 456 g/mol. The molecule has 0 radical (unpaired) electrons. The molecule has 2 bridgehead atoms. The van der Waals surface area contributed by atoms with E-state index in [0.29, 0.717) is 34.8 Å². The summed E-state index contributed by atoms with van der Waals surface area (Å²) in [5.74, 6) is 1.74. The van der Waals surface area contributed by atoms with E-state index in [-0.39, 0.29) is 16.7 Å². The summed E-state index contributed by atoms with van der Waals surface area (Å²) in [5.41, 5.74) is 1.40. The van der Waals surface area contributed by atoms with Gasteiger partial charge >= 0.3 is 0 Å². The maximum absolute atomic E-state index is 13.0. The molecule has 9 nitrogen and oxygen atoms in total. The smallest absolute Gasteiger partial charge is 0.270 e. The number of nitrogens with one attached hydrogen (secondary N) is 1. The van der Waals surface area contributed by atoms with Crippen molar-refractivity contribution in [3.8, 4) is 6.07 Å². The van der Waals surface area contributed by atoms with Gasteiger partial charge in [-0.25, -0.2) is 9.97 Å². The largest absolute Gasteiger partial charge is 0.368 e. The fourth-order valence-electron chi connectivity index (χ4n) is 5.64. The molecule has 0 spiro atoms. The average molecular weight is 457 g/mol. The molecule has 1 aliphatic heterocycles. The summed E-state index contributed by atoms with van der Waals surface area (Å²) in [4.78, 5) is 31.6. The molecule has 7 rings (SSSR count). The van der Waals surface area contributed by atoms with Crippen LogP contribution in [0.1, 0.15) is 38.7 Å². The van der Waals surface area contributed by atoms with Gasteiger partial charge in [-0.2, -0.15) is 10.2 Å². The van der Waals surface area contributed by atoms with E-state index < -0.39 is 0 Å². The van der Waals surface area contributed by atoms with Crippen LogP contribution in [0.2, 0.25) is 0 Å². The Morgan fingerprint density at radius 2 is 1.88 bits per heavy atom. The maximum atomic E-state index is 13.0. The van der Waals surface area contributed by atoms with Crippen molar-refractivity contribution in [1.82, 2.24) is 24.4 Å². The highest BCUT2D eigenvalue weighted by Crippen LogP contribution is 2.62. The first-order valence-electron chi connectivity index (χ1n) is 12.0. The quantitative estimate of drug-likeness (QED) is 0.625. The number of piperazine rings is 1. The first kappa shape index (κ1) is 21.1. The van der Waals surface area contributed by atoms with Gasteiger partial charge in [0.25, 0.3) is 5.56 Å². The van der Waals surface area contributed by atoms with Crippen LogP contribution in [-0.2, 0) is 5.54 Å². The average Bonchev–Trinajstić information content (AvgIpc) is 2.79. The van der Waals surface area contributed by atoms with Crippen LogP contribution in [-0.4, -0.2) is 56.6 Å². The van der Waals surface area contributed by atoms with Gasteiger partial charge in [0.15, 0.2) is 0 Å². The predicted molar refractivity (Wildman–Crippen MR) is 130 cm³/mol. The Balaban J connectivity index is 1.25. The lowest BCUT2D eigenvalue weighted by Crippen LogP contribution is -2.62. The number of hydrogen-bond acceptors (Lipinski definition) is 8. The molecule has 3 saturated carbocycles. The van der Waals surface area contributed by atoms with E-state index in [1.807, 2.05) is 18.3 Å². The third kappa shape index (κ3) is 3.32. The zero-order valence-corrected chi connectivity index (χ0v) is 19.5. The van der Waals surface area contributed by atoms with Crippen LogP contribution in [0, 0.1) is 17.2 Å². The molecule has 3 aromatic heterocycles. The Hall–Kier alpha value is -3.51. The number of nitriles is 1. The number of nitrogens with zero attached hydrogens (tertiary/aromatic N) is 7. The Morgan fingerprint density at radius 1 is 1.12 bits per heavy atom. The van der Waals surface area contributed by atoms with Gasteiger partial charge in [0.05, 0.1) is 17.4 Å². The van der Waals surface area contributed by atoms with Gasteiger partial charge in [-0.3, -0.25) is 14.3 Å². The normalized spacial score (nSPS) is 23.9. The highest BCUT2D eigenvalue weighted by atomic mass is 16.1. The molecular formula is C25H28N8O. The summed E-state index contributed by atoms with van der Waals surface area (Å²) in [7, 11) is 0. The lowest BCUT2D eigenvalue weighted by molar-refractivity contribution is -0.0884. The molecule has 0 atom stereocenters. The third-order valence-electron chi connectivity index (χ3n) is 7.74. The molecule has 1 saturated heterocycles. The number of anilines is 3. The van der Waals surface area contributed by atoms with Crippen LogP contribution in [0.5, 0.6) is 0 Å². The highest BCUT2D eigenvalue weighted by molar-refractivity contribution is 5.77. The minimum absolute atomic E-state index is 0.146. The number of hydrogen-bond donors (Lipinski definition) is 1. The minimum atomic E-state index is -0.252. The molecule has 4 fully saturated rings. The molecule has 174 valence electrons. The fourth-order valence-corrected chi connectivity index (χ4v) is 5.64. The van der Waals surface area contributed by atoms with Crippen molar-refractivity contribution in [3.63, 3.8) is 0 Å². The molecule has 1 N–H and O–H groups in total. The lowest BCUT2D eigenvalue weighted by Gasteiger charge is -2.62. The van der Waals surface area contributed by atoms with E-state index in [1.165, 1.54) is 0 Å². The van der Waals surface area contributed by atoms with Gasteiger partial charge in [0.2, 0.25) is 5.95 Å². The van der Waals surface area contributed by atoms with Crippen LogP contribution in [0.3, 0.4) is 0 Å². The number of fused-ring (bicyclic) bond motifs is 1. The van der Waals surface area contributed by atoms with Crippen molar-refractivity contribution in [2.75, 3.05) is 36.4 Å². The molecular weight excluding hydrogens is 428 g/mol. The van der Waals surface area contributed by atoms with Gasteiger partial charge < -0.3 is 10.2 Å². The van der Waals surface area contributed by atoms with Gasteiger partial charge in [-0.1, -0.05) is 0 Å². The van der Waals surface area contributed by atoms with Crippen LogP contribution in [0.25, 0.3) is 11.0 Å². The van der Waals surface area contributed by atoms with Crippen LogP contribution in [0.4, 0.5) is 17.5 Å². The summed E-state index contributed by atoms with van der Waals surface area (Å²) in [6.07, 6.45) is 6.51. The standard InChI is InChI=1S/C25H28N8O/c1-16(2)31-5-7-32(8-6-31)20-3-4-21(27-15-20)29-24-28-14-19-9-18(13-26)23(34)33(22(19)30-24)25-10-17(11-25)12-25/h3-4,9,14-17H,5-8,10-12H2,1-2H3,(H,27,28,29,30). The molecule has 0 unspecified atom stereocenters. The maximum Gasteiger partial charge on any atom is 0.270 e. The van der Waals surface area contributed by atoms with Crippen molar-refractivity contribution in [2.45, 2.75) is 44.7 Å². The van der Waals surface area contributed by atoms with Gasteiger partial charge in [-0.15, -0.1) is 0 Å². The van der Waals surface area contributed by atoms with Crippen LogP contribution >= 0.6 is 0 Å². The summed E-state index contributed by atoms with van der Waals surface area (Å²) < 4.78 is 1.75. The molecule has 34 heavy (non-hydrogen) atoms. The third-order valence-corrected chi connectivity index (χ3v) is 7.74. The number of aromatic nitrogens is 4. The zero-order valence-electron chi connectivity index (χ0n) is 19.5. The van der Waals surface area contributed by atoms with Crippen molar-refractivity contribution >= 4 is 28.5 Å². The molecule has 4 heterocycles. The lowest BCUT2D eigenvalue weighted by atomic mass is 9.49.